The summed E-state index contributed by atoms with van der Waals surface area (Å²) in [5, 5.41) is 1.62. The molecule has 3 heterocycles. The van der Waals surface area contributed by atoms with Gasteiger partial charge in [0.05, 0.1) is 23.3 Å². The highest BCUT2D eigenvalue weighted by atomic mass is 32.1. The molecule has 0 aliphatic carbocycles. The average Bonchev–Trinajstić information content (AvgIpc) is 3.37. The monoisotopic (exact) mass is 451 g/mol. The molecule has 2 aromatic heterocycles. The Kier molecular flexibility index (Phi) is 5.85. The Hall–Kier alpha value is -3.27. The molecule has 0 spiro atoms. The standard InChI is InChI=1S/C23H21N3O5S/c27-15-29-22(28)14-26-9-7-25(8-10-26)13-18-11-16-5-6-17(12-20(16)30-18)31-23-24-19-3-1-2-4-21(19)32-23/h1-6,11-12,15H,7-10,13-14H2. The molecule has 8 nitrogen and oxygen atoms in total. The van der Waals surface area contributed by atoms with Gasteiger partial charge in [0, 0.05) is 37.6 Å². The zero-order valence-corrected chi connectivity index (χ0v) is 18.0. The molecule has 0 N–H and O–H groups in total. The van der Waals surface area contributed by atoms with Crippen molar-refractivity contribution in [2.75, 3.05) is 32.7 Å². The van der Waals surface area contributed by atoms with Gasteiger partial charge in [-0.25, -0.2) is 4.98 Å². The highest BCUT2D eigenvalue weighted by Crippen LogP contribution is 2.33. The van der Waals surface area contributed by atoms with Crippen molar-refractivity contribution in [1.82, 2.24) is 14.8 Å². The van der Waals surface area contributed by atoms with Crippen molar-refractivity contribution < 1.29 is 23.5 Å². The molecule has 4 aromatic rings. The quantitative estimate of drug-likeness (QED) is 0.239. The van der Waals surface area contributed by atoms with Crippen molar-refractivity contribution in [3.8, 4) is 10.9 Å². The first kappa shape index (κ1) is 20.6. The van der Waals surface area contributed by atoms with E-state index in [1.54, 1.807) is 0 Å². The van der Waals surface area contributed by atoms with E-state index in [4.69, 9.17) is 9.15 Å². The molecular formula is C23H21N3O5S. The van der Waals surface area contributed by atoms with Gasteiger partial charge in [-0.15, -0.1) is 0 Å². The SMILES string of the molecule is O=COC(=O)CN1CCN(Cc2cc3ccc(Oc4nc5ccccc5s4)cc3o2)CC1. The number of carbonyl (C=O) groups is 2. The molecule has 0 radical (unpaired) electrons. The van der Waals surface area contributed by atoms with E-state index in [1.165, 1.54) is 11.3 Å². The number of rotatable bonds is 7. The van der Waals surface area contributed by atoms with Gasteiger partial charge in [-0.2, -0.15) is 0 Å². The van der Waals surface area contributed by atoms with Gasteiger partial charge in [-0.05, 0) is 30.3 Å². The Morgan fingerprint density at radius 1 is 1.09 bits per heavy atom. The Morgan fingerprint density at radius 2 is 1.91 bits per heavy atom. The minimum atomic E-state index is -0.519. The second-order valence-corrected chi connectivity index (χ2v) is 8.59. The summed E-state index contributed by atoms with van der Waals surface area (Å²) in [6.45, 7) is 4.07. The number of fused-ring (bicyclic) bond motifs is 2. The lowest BCUT2D eigenvalue weighted by molar-refractivity contribution is -0.152. The molecule has 1 fully saturated rings. The van der Waals surface area contributed by atoms with Gasteiger partial charge in [-0.3, -0.25) is 19.4 Å². The number of nitrogens with zero attached hydrogens (tertiary/aromatic N) is 3. The number of piperazine rings is 1. The van der Waals surface area contributed by atoms with Gasteiger partial charge in [0.1, 0.15) is 17.1 Å². The summed E-state index contributed by atoms with van der Waals surface area (Å²) < 4.78 is 17.5. The van der Waals surface area contributed by atoms with Crippen LogP contribution >= 0.6 is 11.3 Å². The Morgan fingerprint density at radius 3 is 2.72 bits per heavy atom. The molecule has 9 heteroatoms. The summed E-state index contributed by atoms with van der Waals surface area (Å²) in [5.74, 6) is 1.05. The predicted molar refractivity (Wildman–Crippen MR) is 120 cm³/mol. The molecule has 5 rings (SSSR count). The van der Waals surface area contributed by atoms with Crippen LogP contribution in [-0.2, 0) is 20.9 Å². The number of ether oxygens (including phenoxy) is 2. The fourth-order valence-electron chi connectivity index (χ4n) is 3.80. The van der Waals surface area contributed by atoms with Crippen LogP contribution in [0.5, 0.6) is 10.9 Å². The smallest absolute Gasteiger partial charge is 0.327 e. The largest absolute Gasteiger partial charge is 0.460 e. The summed E-state index contributed by atoms with van der Waals surface area (Å²) >= 11 is 1.51. The van der Waals surface area contributed by atoms with Gasteiger partial charge in [0.2, 0.25) is 0 Å². The number of carbonyl (C=O) groups excluding carboxylic acids is 2. The fourth-order valence-corrected chi connectivity index (χ4v) is 4.64. The number of esters is 1. The van der Waals surface area contributed by atoms with Gasteiger partial charge in [-0.1, -0.05) is 23.5 Å². The highest BCUT2D eigenvalue weighted by molar-refractivity contribution is 7.20. The Bertz CT molecular complexity index is 1230. The number of hydrogen-bond donors (Lipinski definition) is 0. The summed E-state index contributed by atoms with van der Waals surface area (Å²) in [5.41, 5.74) is 1.70. The van der Waals surface area contributed by atoms with Crippen LogP contribution < -0.4 is 4.74 Å². The van der Waals surface area contributed by atoms with E-state index in [0.29, 0.717) is 17.5 Å². The maximum Gasteiger partial charge on any atom is 0.327 e. The van der Waals surface area contributed by atoms with Crippen molar-refractivity contribution >= 4 is 45.0 Å². The maximum atomic E-state index is 11.4. The third-order valence-electron chi connectivity index (χ3n) is 5.40. The molecule has 2 aromatic carbocycles. The van der Waals surface area contributed by atoms with E-state index >= 15 is 0 Å². The van der Waals surface area contributed by atoms with Crippen molar-refractivity contribution in [3.05, 3.63) is 54.3 Å². The Balaban J connectivity index is 1.21. The first-order chi connectivity index (χ1) is 15.7. The van der Waals surface area contributed by atoms with Crippen LogP contribution in [0.4, 0.5) is 0 Å². The third-order valence-corrected chi connectivity index (χ3v) is 6.31. The van der Waals surface area contributed by atoms with Gasteiger partial charge in [0.25, 0.3) is 5.19 Å². The number of para-hydroxylation sites is 1. The normalized spacial score (nSPS) is 15.2. The van der Waals surface area contributed by atoms with Crippen molar-refractivity contribution in [1.29, 1.82) is 0 Å². The van der Waals surface area contributed by atoms with Gasteiger partial charge in [0.15, 0.2) is 0 Å². The van der Waals surface area contributed by atoms with E-state index in [-0.39, 0.29) is 13.0 Å². The summed E-state index contributed by atoms with van der Waals surface area (Å²) in [7, 11) is 0. The van der Waals surface area contributed by atoms with Crippen LogP contribution in [0, 0.1) is 0 Å². The number of furan rings is 1. The van der Waals surface area contributed by atoms with Crippen LogP contribution in [-0.4, -0.2) is 59.9 Å². The number of benzene rings is 2. The number of thiazole rings is 1. The lowest BCUT2D eigenvalue weighted by Crippen LogP contribution is -2.47. The summed E-state index contributed by atoms with van der Waals surface area (Å²) in [6, 6.07) is 15.8. The molecule has 32 heavy (non-hydrogen) atoms. The second kappa shape index (κ2) is 9.07. The summed E-state index contributed by atoms with van der Waals surface area (Å²) in [6.07, 6.45) is 0. The Labute approximate surface area is 187 Å². The zero-order valence-electron chi connectivity index (χ0n) is 17.2. The van der Waals surface area contributed by atoms with Crippen molar-refractivity contribution in [2.24, 2.45) is 0 Å². The van der Waals surface area contributed by atoms with Crippen molar-refractivity contribution in [3.63, 3.8) is 0 Å². The third kappa shape index (κ3) is 4.64. The van der Waals surface area contributed by atoms with Crippen LogP contribution in [0.2, 0.25) is 0 Å². The fraction of sp³-hybridized carbons (Fsp3) is 0.261. The highest BCUT2D eigenvalue weighted by Gasteiger charge is 2.20. The first-order valence-electron chi connectivity index (χ1n) is 10.3. The molecule has 0 atom stereocenters. The molecule has 164 valence electrons. The minimum absolute atomic E-state index is 0.134. The van der Waals surface area contributed by atoms with Gasteiger partial charge >= 0.3 is 12.4 Å². The average molecular weight is 452 g/mol. The number of hydrogen-bond acceptors (Lipinski definition) is 9. The second-order valence-electron chi connectivity index (χ2n) is 7.60. The molecule has 0 amide bonds. The van der Waals surface area contributed by atoms with E-state index in [9.17, 15) is 9.59 Å². The predicted octanol–water partition coefficient (Wildman–Crippen LogP) is 3.65. The molecule has 0 bridgehead atoms. The molecule has 1 aliphatic rings. The first-order valence-corrected chi connectivity index (χ1v) is 11.1. The lowest BCUT2D eigenvalue weighted by atomic mass is 10.2. The lowest BCUT2D eigenvalue weighted by Gasteiger charge is -2.33. The molecule has 1 aliphatic heterocycles. The zero-order chi connectivity index (χ0) is 21.9. The minimum Gasteiger partial charge on any atom is -0.460 e. The topological polar surface area (TPSA) is 85.1 Å². The molecule has 0 saturated carbocycles. The number of aromatic nitrogens is 1. The van der Waals surface area contributed by atoms with Crippen LogP contribution in [0.25, 0.3) is 21.2 Å². The molecular weight excluding hydrogens is 430 g/mol. The van der Waals surface area contributed by atoms with Crippen LogP contribution in [0.3, 0.4) is 0 Å². The summed E-state index contributed by atoms with van der Waals surface area (Å²) in [4.78, 5) is 30.4. The van der Waals surface area contributed by atoms with Crippen LogP contribution in [0.15, 0.2) is 52.9 Å². The molecule has 1 saturated heterocycles. The van der Waals surface area contributed by atoms with Crippen LogP contribution in [0.1, 0.15) is 5.76 Å². The van der Waals surface area contributed by atoms with Gasteiger partial charge < -0.3 is 13.9 Å². The maximum absolute atomic E-state index is 11.4. The molecule has 0 unspecified atom stereocenters. The van der Waals surface area contributed by atoms with E-state index in [0.717, 1.165) is 53.1 Å². The van der Waals surface area contributed by atoms with Crippen molar-refractivity contribution in [2.45, 2.75) is 6.54 Å². The van der Waals surface area contributed by atoms with E-state index in [1.807, 2.05) is 53.4 Å². The van der Waals surface area contributed by atoms with E-state index in [2.05, 4.69) is 14.6 Å². The van der Waals surface area contributed by atoms with E-state index < -0.39 is 5.97 Å².